The molecule has 1 aromatic rings. The largest absolute Gasteiger partial charge is 0.389 e. The third-order valence-electron chi connectivity index (χ3n) is 3.90. The molecule has 1 aliphatic heterocycles. The molecule has 2 rings (SSSR count). The van der Waals surface area contributed by atoms with Crippen LogP contribution in [0.2, 0.25) is 0 Å². The van der Waals surface area contributed by atoms with Gasteiger partial charge in [0.2, 0.25) is 0 Å². The number of hydrogen-bond acceptors (Lipinski definition) is 2. The molecule has 108 valence electrons. The number of likely N-dealkylation sites (tertiary alicyclic amines) is 1. The summed E-state index contributed by atoms with van der Waals surface area (Å²) in [7, 11) is 0. The Morgan fingerprint density at radius 1 is 1.40 bits per heavy atom. The van der Waals surface area contributed by atoms with Gasteiger partial charge in [0.1, 0.15) is 4.99 Å². The molecule has 1 atom stereocenters. The Kier molecular flexibility index (Phi) is 5.12. The standard InChI is InChI=1S/C16H22N2OS/c1-2-6-14-9-3-4-10-18(14)16(19)13-8-5-7-12(11-13)15(17)20/h5,7-8,11,14H,2-4,6,9-10H2,1H3,(H2,17,20). The molecule has 0 aliphatic carbocycles. The molecule has 0 bridgehead atoms. The van der Waals surface area contributed by atoms with Crippen molar-refractivity contribution in [2.75, 3.05) is 6.54 Å². The predicted molar refractivity (Wildman–Crippen MR) is 85.9 cm³/mol. The summed E-state index contributed by atoms with van der Waals surface area (Å²) in [6.45, 7) is 3.03. The third-order valence-corrected chi connectivity index (χ3v) is 4.14. The van der Waals surface area contributed by atoms with Gasteiger partial charge in [-0.3, -0.25) is 4.79 Å². The second kappa shape index (κ2) is 6.84. The molecule has 1 heterocycles. The zero-order chi connectivity index (χ0) is 14.5. The molecule has 2 N–H and O–H groups in total. The second-order valence-corrected chi connectivity index (χ2v) is 5.82. The van der Waals surface area contributed by atoms with Crippen molar-refractivity contribution in [3.05, 3.63) is 35.4 Å². The van der Waals surface area contributed by atoms with Crippen LogP contribution >= 0.6 is 12.2 Å². The number of hydrogen-bond donors (Lipinski definition) is 1. The molecule has 1 fully saturated rings. The van der Waals surface area contributed by atoms with Crippen molar-refractivity contribution in [3.8, 4) is 0 Å². The lowest BCUT2D eigenvalue weighted by molar-refractivity contribution is 0.0600. The first-order valence-corrected chi connectivity index (χ1v) is 7.75. The lowest BCUT2D eigenvalue weighted by atomic mass is 9.97. The average molecular weight is 290 g/mol. The minimum atomic E-state index is 0.112. The summed E-state index contributed by atoms with van der Waals surface area (Å²) >= 11 is 4.98. The van der Waals surface area contributed by atoms with Gasteiger partial charge in [-0.25, -0.2) is 0 Å². The number of nitrogens with two attached hydrogens (primary N) is 1. The minimum absolute atomic E-state index is 0.112. The summed E-state index contributed by atoms with van der Waals surface area (Å²) < 4.78 is 0. The Morgan fingerprint density at radius 2 is 2.15 bits per heavy atom. The molecule has 1 aliphatic rings. The summed E-state index contributed by atoms with van der Waals surface area (Å²) in [5.41, 5.74) is 7.09. The van der Waals surface area contributed by atoms with E-state index in [-0.39, 0.29) is 5.91 Å². The van der Waals surface area contributed by atoms with Crippen molar-refractivity contribution in [3.63, 3.8) is 0 Å². The van der Waals surface area contributed by atoms with Gasteiger partial charge in [0.05, 0.1) is 0 Å². The first-order valence-electron chi connectivity index (χ1n) is 7.34. The summed E-state index contributed by atoms with van der Waals surface area (Å²) in [6.07, 6.45) is 5.64. The lowest BCUT2D eigenvalue weighted by Crippen LogP contribution is -2.43. The highest BCUT2D eigenvalue weighted by atomic mass is 32.1. The van der Waals surface area contributed by atoms with Crippen LogP contribution in [0.4, 0.5) is 0 Å². The Labute approximate surface area is 126 Å². The van der Waals surface area contributed by atoms with E-state index in [4.69, 9.17) is 18.0 Å². The molecule has 4 heteroatoms. The molecule has 0 aromatic heterocycles. The van der Waals surface area contributed by atoms with Crippen molar-refractivity contribution < 1.29 is 4.79 Å². The minimum Gasteiger partial charge on any atom is -0.389 e. The Balaban J connectivity index is 2.20. The Bertz CT molecular complexity index is 499. The second-order valence-electron chi connectivity index (χ2n) is 5.38. The summed E-state index contributed by atoms with van der Waals surface area (Å²) in [6, 6.07) is 7.73. The molecule has 1 unspecified atom stereocenters. The summed E-state index contributed by atoms with van der Waals surface area (Å²) in [4.78, 5) is 15.1. The Morgan fingerprint density at radius 3 is 2.85 bits per heavy atom. The van der Waals surface area contributed by atoms with E-state index in [2.05, 4.69) is 6.92 Å². The predicted octanol–water partition coefficient (Wildman–Crippen LogP) is 3.12. The molecular weight excluding hydrogens is 268 g/mol. The number of rotatable bonds is 4. The fraction of sp³-hybridized carbons (Fsp3) is 0.500. The van der Waals surface area contributed by atoms with Gasteiger partial charge in [0.15, 0.2) is 0 Å². The number of nitrogens with zero attached hydrogens (tertiary/aromatic N) is 1. The lowest BCUT2D eigenvalue weighted by Gasteiger charge is -2.36. The van der Waals surface area contributed by atoms with Crippen molar-refractivity contribution in [2.24, 2.45) is 5.73 Å². The molecule has 3 nitrogen and oxygen atoms in total. The molecule has 1 aromatic carbocycles. The SMILES string of the molecule is CCCC1CCCCN1C(=O)c1cccc(C(N)=S)c1. The van der Waals surface area contributed by atoms with E-state index in [1.54, 1.807) is 0 Å². The van der Waals surface area contributed by atoms with E-state index in [1.165, 1.54) is 6.42 Å². The third kappa shape index (κ3) is 3.37. The van der Waals surface area contributed by atoms with E-state index < -0.39 is 0 Å². The van der Waals surface area contributed by atoms with Gasteiger partial charge in [-0.1, -0.05) is 37.7 Å². The average Bonchev–Trinajstić information content (AvgIpc) is 2.47. The molecule has 0 spiro atoms. The smallest absolute Gasteiger partial charge is 0.254 e. The van der Waals surface area contributed by atoms with E-state index >= 15 is 0 Å². The van der Waals surface area contributed by atoms with Crippen LogP contribution in [0.15, 0.2) is 24.3 Å². The van der Waals surface area contributed by atoms with Crippen molar-refractivity contribution in [2.45, 2.75) is 45.1 Å². The van der Waals surface area contributed by atoms with Crippen LogP contribution in [0.3, 0.4) is 0 Å². The summed E-state index contributed by atoms with van der Waals surface area (Å²) in [5.74, 6) is 0.112. The molecule has 1 amide bonds. The maximum atomic E-state index is 12.7. The number of carbonyl (C=O) groups is 1. The number of amides is 1. The van der Waals surface area contributed by atoms with Gasteiger partial charge < -0.3 is 10.6 Å². The molecule has 1 saturated heterocycles. The van der Waals surface area contributed by atoms with Gasteiger partial charge in [-0.05, 0) is 37.8 Å². The van der Waals surface area contributed by atoms with Crippen molar-refractivity contribution >= 4 is 23.1 Å². The maximum Gasteiger partial charge on any atom is 0.254 e. The van der Waals surface area contributed by atoms with Gasteiger partial charge in [-0.15, -0.1) is 0 Å². The quantitative estimate of drug-likeness (QED) is 0.867. The van der Waals surface area contributed by atoms with Crippen molar-refractivity contribution in [1.29, 1.82) is 0 Å². The molecule has 0 radical (unpaired) electrons. The van der Waals surface area contributed by atoms with E-state index in [1.807, 2.05) is 29.2 Å². The zero-order valence-corrected chi connectivity index (χ0v) is 12.8. The van der Waals surface area contributed by atoms with Gasteiger partial charge >= 0.3 is 0 Å². The zero-order valence-electron chi connectivity index (χ0n) is 12.0. The van der Waals surface area contributed by atoms with Gasteiger partial charge in [0, 0.05) is 23.7 Å². The fourth-order valence-electron chi connectivity index (χ4n) is 2.87. The number of carbonyl (C=O) groups excluding carboxylic acids is 1. The van der Waals surface area contributed by atoms with E-state index in [0.29, 0.717) is 16.6 Å². The molecule has 0 saturated carbocycles. The van der Waals surface area contributed by atoms with Crippen LogP contribution in [-0.2, 0) is 0 Å². The van der Waals surface area contributed by atoms with Gasteiger partial charge in [0.25, 0.3) is 5.91 Å². The van der Waals surface area contributed by atoms with Crippen LogP contribution in [0.1, 0.15) is 54.9 Å². The first-order chi connectivity index (χ1) is 9.63. The number of thiocarbonyl (C=S) groups is 1. The summed E-state index contributed by atoms with van der Waals surface area (Å²) in [5, 5.41) is 0. The Hall–Kier alpha value is -1.42. The monoisotopic (exact) mass is 290 g/mol. The van der Waals surface area contributed by atoms with Gasteiger partial charge in [-0.2, -0.15) is 0 Å². The highest BCUT2D eigenvalue weighted by Crippen LogP contribution is 2.23. The first kappa shape index (κ1) is 15.0. The molecular formula is C16H22N2OS. The number of benzene rings is 1. The number of piperidine rings is 1. The normalized spacial score (nSPS) is 18.9. The topological polar surface area (TPSA) is 46.3 Å². The van der Waals surface area contributed by atoms with Crippen molar-refractivity contribution in [1.82, 2.24) is 4.90 Å². The van der Waals surface area contributed by atoms with Crippen LogP contribution in [0.25, 0.3) is 0 Å². The van der Waals surface area contributed by atoms with E-state index in [9.17, 15) is 4.79 Å². The highest BCUT2D eigenvalue weighted by molar-refractivity contribution is 7.80. The highest BCUT2D eigenvalue weighted by Gasteiger charge is 2.26. The van der Waals surface area contributed by atoms with Crippen LogP contribution < -0.4 is 5.73 Å². The molecule has 20 heavy (non-hydrogen) atoms. The van der Waals surface area contributed by atoms with Crippen LogP contribution in [0, 0.1) is 0 Å². The van der Waals surface area contributed by atoms with Crippen LogP contribution in [-0.4, -0.2) is 28.4 Å². The fourth-order valence-corrected chi connectivity index (χ4v) is 3.00. The van der Waals surface area contributed by atoms with Crippen LogP contribution in [0.5, 0.6) is 0 Å². The maximum absolute atomic E-state index is 12.7. The van der Waals surface area contributed by atoms with E-state index in [0.717, 1.165) is 37.8 Å².